The summed E-state index contributed by atoms with van der Waals surface area (Å²) in [5.41, 5.74) is 5.40. The molecule has 0 aromatic rings. The lowest BCUT2D eigenvalue weighted by Crippen LogP contribution is -2.28. The molecule has 1 fully saturated rings. The lowest BCUT2D eigenvalue weighted by Gasteiger charge is -2.20. The van der Waals surface area contributed by atoms with Gasteiger partial charge in [0.15, 0.2) is 0 Å². The molecule has 0 amide bonds. The number of hydrogen-bond acceptors (Lipinski definition) is 1. The molecule has 1 heterocycles. The van der Waals surface area contributed by atoms with Crippen LogP contribution >= 0.6 is 0 Å². The van der Waals surface area contributed by atoms with Crippen LogP contribution in [0.3, 0.4) is 0 Å². The van der Waals surface area contributed by atoms with Gasteiger partial charge in [0.05, 0.1) is 0 Å². The molecule has 1 unspecified atom stereocenters. The van der Waals surface area contributed by atoms with Crippen molar-refractivity contribution in [3.05, 3.63) is 0 Å². The van der Waals surface area contributed by atoms with E-state index in [0.29, 0.717) is 6.04 Å². The van der Waals surface area contributed by atoms with Crippen LogP contribution in [0.15, 0.2) is 0 Å². The fourth-order valence-electron chi connectivity index (χ4n) is 1.45. The van der Waals surface area contributed by atoms with Crippen LogP contribution in [0, 0.1) is 0 Å². The lowest BCUT2D eigenvalue weighted by molar-refractivity contribution is 0.369. The Hall–Kier alpha value is -0.0800. The van der Waals surface area contributed by atoms with Gasteiger partial charge >= 0.3 is 0 Å². The van der Waals surface area contributed by atoms with E-state index in [1.807, 2.05) is 0 Å². The van der Waals surface area contributed by atoms with E-state index >= 15 is 0 Å². The van der Waals surface area contributed by atoms with Crippen molar-refractivity contribution in [2.75, 3.05) is 13.1 Å². The summed E-state index contributed by atoms with van der Waals surface area (Å²) in [5, 5.41) is 4.51. The second-order valence-electron chi connectivity index (χ2n) is 2.99. The minimum Gasteiger partial charge on any atom is -0.330 e. The molecule has 0 spiro atoms. The molecule has 0 aromatic carbocycles. The predicted molar refractivity (Wildman–Crippen MR) is 42.9 cm³/mol. The van der Waals surface area contributed by atoms with Crippen LogP contribution in [0.5, 0.6) is 0 Å². The first-order valence-corrected chi connectivity index (χ1v) is 4.30. The highest BCUT2D eigenvalue weighted by Gasteiger charge is 2.12. The van der Waals surface area contributed by atoms with Gasteiger partial charge in [0, 0.05) is 12.6 Å². The van der Waals surface area contributed by atoms with Crippen molar-refractivity contribution in [3.63, 3.8) is 0 Å². The van der Waals surface area contributed by atoms with E-state index in [4.69, 9.17) is 5.73 Å². The minimum atomic E-state index is 0.650. The first kappa shape index (κ1) is 8.02. The molecule has 2 N–H and O–H groups in total. The Bertz CT molecular complexity index is 77.3. The van der Waals surface area contributed by atoms with Crippen LogP contribution in [-0.4, -0.2) is 19.1 Å². The number of rotatable bonds is 3. The Morgan fingerprint density at radius 3 is 2.90 bits per heavy atom. The zero-order chi connectivity index (χ0) is 7.23. The maximum Gasteiger partial charge on any atom is 0.0246 e. The highest BCUT2D eigenvalue weighted by Crippen LogP contribution is 2.12. The van der Waals surface area contributed by atoms with Gasteiger partial charge in [-0.25, -0.2) is 5.32 Å². The summed E-state index contributed by atoms with van der Waals surface area (Å²) in [7, 11) is 0. The molecule has 1 rings (SSSR count). The Labute approximate surface area is 63.2 Å². The summed E-state index contributed by atoms with van der Waals surface area (Å²) < 4.78 is 0. The fraction of sp³-hybridized carbons (Fsp3) is 1.00. The van der Waals surface area contributed by atoms with Crippen LogP contribution in [0.4, 0.5) is 0 Å². The summed E-state index contributed by atoms with van der Waals surface area (Å²) >= 11 is 0. The SMILES string of the molecule is NCCCC1CCCC[N]1. The number of hydrogen-bond donors (Lipinski definition) is 1. The Morgan fingerprint density at radius 2 is 2.30 bits per heavy atom. The summed E-state index contributed by atoms with van der Waals surface area (Å²) in [6.45, 7) is 1.92. The maximum absolute atomic E-state index is 5.40. The summed E-state index contributed by atoms with van der Waals surface area (Å²) in [5.74, 6) is 0. The number of nitrogens with two attached hydrogens (primary N) is 1. The minimum absolute atomic E-state index is 0.650. The molecular weight excluding hydrogens is 124 g/mol. The molecule has 1 radical (unpaired) electrons. The molecule has 0 aromatic heterocycles. The van der Waals surface area contributed by atoms with Gasteiger partial charge in [-0.1, -0.05) is 6.42 Å². The smallest absolute Gasteiger partial charge is 0.0246 e. The van der Waals surface area contributed by atoms with Crippen molar-refractivity contribution in [2.45, 2.75) is 38.1 Å². The number of nitrogens with zero attached hydrogens (tertiary/aromatic N) is 1. The van der Waals surface area contributed by atoms with Gasteiger partial charge in [0.1, 0.15) is 0 Å². The molecular formula is C8H17N2. The highest BCUT2D eigenvalue weighted by molar-refractivity contribution is 4.71. The van der Waals surface area contributed by atoms with Crippen molar-refractivity contribution >= 4 is 0 Å². The van der Waals surface area contributed by atoms with E-state index < -0.39 is 0 Å². The van der Waals surface area contributed by atoms with Gasteiger partial charge < -0.3 is 5.73 Å². The monoisotopic (exact) mass is 141 g/mol. The third-order valence-corrected chi connectivity index (χ3v) is 2.07. The van der Waals surface area contributed by atoms with E-state index in [0.717, 1.165) is 19.5 Å². The van der Waals surface area contributed by atoms with Crippen molar-refractivity contribution < 1.29 is 0 Å². The van der Waals surface area contributed by atoms with Crippen LogP contribution < -0.4 is 11.1 Å². The molecule has 1 aliphatic heterocycles. The van der Waals surface area contributed by atoms with Gasteiger partial charge in [-0.3, -0.25) is 0 Å². The van der Waals surface area contributed by atoms with Crippen molar-refractivity contribution in [1.82, 2.24) is 5.32 Å². The third kappa shape index (κ3) is 2.67. The molecule has 1 atom stereocenters. The third-order valence-electron chi connectivity index (χ3n) is 2.07. The zero-order valence-electron chi connectivity index (χ0n) is 6.55. The van der Waals surface area contributed by atoms with Gasteiger partial charge in [-0.05, 0) is 32.2 Å². The van der Waals surface area contributed by atoms with E-state index in [1.54, 1.807) is 0 Å². The van der Waals surface area contributed by atoms with Crippen LogP contribution in [-0.2, 0) is 0 Å². The normalized spacial score (nSPS) is 26.7. The van der Waals surface area contributed by atoms with Crippen LogP contribution in [0.1, 0.15) is 32.1 Å². The van der Waals surface area contributed by atoms with Gasteiger partial charge in [0.25, 0.3) is 0 Å². The van der Waals surface area contributed by atoms with Gasteiger partial charge in [-0.15, -0.1) is 0 Å². The molecule has 1 aliphatic rings. The van der Waals surface area contributed by atoms with Gasteiger partial charge in [-0.2, -0.15) is 0 Å². The van der Waals surface area contributed by atoms with Crippen LogP contribution in [0.25, 0.3) is 0 Å². The first-order chi connectivity index (χ1) is 4.93. The molecule has 0 bridgehead atoms. The first-order valence-electron chi connectivity index (χ1n) is 4.30. The lowest BCUT2D eigenvalue weighted by atomic mass is 10.0. The predicted octanol–water partition coefficient (Wildman–Crippen LogP) is 0.882. The zero-order valence-corrected chi connectivity index (χ0v) is 6.55. The highest BCUT2D eigenvalue weighted by atomic mass is 14.9. The Balaban J connectivity index is 2.02. The quantitative estimate of drug-likeness (QED) is 0.622. The van der Waals surface area contributed by atoms with E-state index in [-0.39, 0.29) is 0 Å². The summed E-state index contributed by atoms with van der Waals surface area (Å²) in [6.07, 6.45) is 6.35. The molecule has 10 heavy (non-hydrogen) atoms. The molecule has 59 valence electrons. The van der Waals surface area contributed by atoms with Crippen molar-refractivity contribution in [2.24, 2.45) is 5.73 Å². The van der Waals surface area contributed by atoms with E-state index in [2.05, 4.69) is 5.32 Å². The van der Waals surface area contributed by atoms with E-state index in [9.17, 15) is 0 Å². The summed E-state index contributed by atoms with van der Waals surface area (Å²) in [4.78, 5) is 0. The Kier molecular flexibility index (Phi) is 3.76. The second-order valence-corrected chi connectivity index (χ2v) is 2.99. The van der Waals surface area contributed by atoms with Crippen LogP contribution in [0.2, 0.25) is 0 Å². The molecule has 2 nitrogen and oxygen atoms in total. The Morgan fingerprint density at radius 1 is 1.40 bits per heavy atom. The molecule has 0 saturated carbocycles. The van der Waals surface area contributed by atoms with Gasteiger partial charge in [0.2, 0.25) is 0 Å². The molecule has 2 heteroatoms. The topological polar surface area (TPSA) is 40.1 Å². The standard InChI is InChI=1S/C8H17N2/c9-6-3-5-8-4-1-2-7-10-8/h8H,1-7,9H2. The molecule has 0 aliphatic carbocycles. The fourth-order valence-corrected chi connectivity index (χ4v) is 1.45. The largest absolute Gasteiger partial charge is 0.330 e. The van der Waals surface area contributed by atoms with Crippen molar-refractivity contribution in [3.8, 4) is 0 Å². The molecule has 1 saturated heterocycles. The summed E-state index contributed by atoms with van der Waals surface area (Å²) in [6, 6.07) is 0.650. The second kappa shape index (κ2) is 4.69. The number of piperidine rings is 1. The average Bonchev–Trinajstić information content (AvgIpc) is 2.03. The van der Waals surface area contributed by atoms with E-state index in [1.165, 1.54) is 25.7 Å². The average molecular weight is 141 g/mol. The maximum atomic E-state index is 5.40. The van der Waals surface area contributed by atoms with Crippen molar-refractivity contribution in [1.29, 1.82) is 0 Å².